The Balaban J connectivity index is 1.93. The van der Waals surface area contributed by atoms with E-state index in [4.69, 9.17) is 0 Å². The number of aryl methyl sites for hydroxylation is 2. The second kappa shape index (κ2) is 6.52. The summed E-state index contributed by atoms with van der Waals surface area (Å²) in [4.78, 5) is 24.8. The number of methoxy groups -OCH3 is 1. The van der Waals surface area contributed by atoms with E-state index in [0.717, 1.165) is 17.7 Å². The molecule has 0 aliphatic heterocycles. The van der Waals surface area contributed by atoms with E-state index < -0.39 is 4.83 Å². The molecule has 1 aromatic heterocycles. The van der Waals surface area contributed by atoms with Gasteiger partial charge < -0.3 is 10.1 Å². The molecule has 0 bridgehead atoms. The van der Waals surface area contributed by atoms with Crippen LogP contribution in [0.25, 0.3) is 0 Å². The number of fused-ring (bicyclic) bond motifs is 1. The van der Waals surface area contributed by atoms with E-state index in [1.807, 2.05) is 6.07 Å². The third-order valence-corrected chi connectivity index (χ3v) is 5.05. The molecular weight excluding hydrogens is 330 g/mol. The van der Waals surface area contributed by atoms with Crippen molar-refractivity contribution in [2.24, 2.45) is 0 Å². The Kier molecular flexibility index (Phi) is 4.99. The zero-order valence-electron chi connectivity index (χ0n) is 10.7. The first-order valence-electron chi connectivity index (χ1n) is 6.23. The number of esters is 1. The highest BCUT2D eigenvalue weighted by atomic mass is 79.9. The highest BCUT2D eigenvalue weighted by Gasteiger charge is 2.19. The monoisotopic (exact) mass is 345 g/mol. The van der Waals surface area contributed by atoms with E-state index in [-0.39, 0.29) is 18.4 Å². The van der Waals surface area contributed by atoms with Crippen LogP contribution < -0.4 is 5.32 Å². The van der Waals surface area contributed by atoms with Crippen LogP contribution in [0, 0.1) is 0 Å². The maximum Gasteiger partial charge on any atom is 0.321 e. The Morgan fingerprint density at radius 2 is 2.21 bits per heavy atom. The summed E-state index contributed by atoms with van der Waals surface area (Å²) in [6, 6.07) is 1.98. The standard InChI is InChI=1S/C13H16BrNO3S/c1-18-13(17)9(14)7-15-12(16)11-6-8-4-2-3-5-10(8)19-11/h6,9H,2-5,7H2,1H3,(H,15,16). The fourth-order valence-corrected chi connectivity index (χ4v) is 3.60. The minimum absolute atomic E-state index is 0.118. The third kappa shape index (κ3) is 3.57. The van der Waals surface area contributed by atoms with Gasteiger partial charge in [-0.2, -0.15) is 0 Å². The van der Waals surface area contributed by atoms with Gasteiger partial charge in [-0.05, 0) is 37.3 Å². The first-order chi connectivity index (χ1) is 9.11. The van der Waals surface area contributed by atoms with Gasteiger partial charge >= 0.3 is 5.97 Å². The number of ether oxygens (including phenoxy) is 1. The first kappa shape index (κ1) is 14.5. The number of rotatable bonds is 4. The Bertz CT molecular complexity index is 463. The molecule has 1 unspecified atom stereocenters. The summed E-state index contributed by atoms with van der Waals surface area (Å²) in [6.45, 7) is 0.230. The lowest BCUT2D eigenvalue weighted by atomic mass is 9.99. The van der Waals surface area contributed by atoms with Crippen molar-refractivity contribution in [3.63, 3.8) is 0 Å². The lowest BCUT2D eigenvalue weighted by Gasteiger charge is -2.08. The molecule has 0 aromatic carbocycles. The Morgan fingerprint density at radius 3 is 2.89 bits per heavy atom. The smallest absolute Gasteiger partial charge is 0.321 e. The van der Waals surface area contributed by atoms with E-state index >= 15 is 0 Å². The van der Waals surface area contributed by atoms with Crippen molar-refractivity contribution >= 4 is 39.1 Å². The number of carbonyl (C=O) groups is 2. The van der Waals surface area contributed by atoms with Gasteiger partial charge in [0.2, 0.25) is 0 Å². The van der Waals surface area contributed by atoms with Crippen molar-refractivity contribution in [2.45, 2.75) is 30.5 Å². The molecule has 6 heteroatoms. The van der Waals surface area contributed by atoms with Gasteiger partial charge in [0.1, 0.15) is 4.83 Å². The van der Waals surface area contributed by atoms with Gasteiger partial charge in [0.25, 0.3) is 5.91 Å². The summed E-state index contributed by atoms with van der Waals surface area (Å²) in [5, 5.41) is 2.75. The summed E-state index contributed by atoms with van der Waals surface area (Å²) in [5.74, 6) is -0.501. The topological polar surface area (TPSA) is 55.4 Å². The summed E-state index contributed by atoms with van der Waals surface area (Å²) in [5.41, 5.74) is 1.31. The highest BCUT2D eigenvalue weighted by molar-refractivity contribution is 9.10. The molecule has 0 spiro atoms. The molecule has 1 heterocycles. The summed E-state index contributed by atoms with van der Waals surface area (Å²) >= 11 is 4.74. The SMILES string of the molecule is COC(=O)C(Br)CNC(=O)c1cc2c(s1)CCCC2. The molecule has 0 fully saturated rings. The Labute approximate surface area is 124 Å². The average molecular weight is 346 g/mol. The number of nitrogens with one attached hydrogen (secondary N) is 1. The molecule has 2 rings (SSSR count). The van der Waals surface area contributed by atoms with Crippen LogP contribution in [0.3, 0.4) is 0 Å². The molecule has 1 aromatic rings. The number of hydrogen-bond acceptors (Lipinski definition) is 4. The van der Waals surface area contributed by atoms with Crippen molar-refractivity contribution < 1.29 is 14.3 Å². The van der Waals surface area contributed by atoms with E-state index in [1.165, 1.54) is 30.4 Å². The molecular formula is C13H16BrNO3S. The van der Waals surface area contributed by atoms with Gasteiger partial charge in [-0.15, -0.1) is 11.3 Å². The van der Waals surface area contributed by atoms with Crippen LogP contribution in [0.4, 0.5) is 0 Å². The second-order valence-corrected chi connectivity index (χ2v) is 6.71. The fourth-order valence-electron chi connectivity index (χ4n) is 2.08. The number of amides is 1. The molecule has 104 valence electrons. The van der Waals surface area contributed by atoms with E-state index in [2.05, 4.69) is 26.0 Å². The maximum absolute atomic E-state index is 12.0. The maximum atomic E-state index is 12.0. The van der Waals surface area contributed by atoms with Crippen LogP contribution in [0.15, 0.2) is 6.07 Å². The second-order valence-electron chi connectivity index (χ2n) is 4.47. The lowest BCUT2D eigenvalue weighted by molar-refractivity contribution is -0.139. The van der Waals surface area contributed by atoms with Gasteiger partial charge in [-0.1, -0.05) is 15.9 Å². The van der Waals surface area contributed by atoms with E-state index in [0.29, 0.717) is 0 Å². The molecule has 1 atom stereocenters. The predicted octanol–water partition coefficient (Wildman–Crippen LogP) is 2.29. The molecule has 0 saturated carbocycles. The minimum Gasteiger partial charge on any atom is -0.468 e. The van der Waals surface area contributed by atoms with Crippen molar-refractivity contribution in [2.75, 3.05) is 13.7 Å². The van der Waals surface area contributed by atoms with Crippen molar-refractivity contribution in [1.82, 2.24) is 5.32 Å². The molecule has 0 saturated heterocycles. The number of alkyl halides is 1. The molecule has 4 nitrogen and oxygen atoms in total. The summed E-state index contributed by atoms with van der Waals surface area (Å²) in [6.07, 6.45) is 4.57. The van der Waals surface area contributed by atoms with Gasteiger partial charge in [-0.25, -0.2) is 0 Å². The number of hydrogen-bond donors (Lipinski definition) is 1. The molecule has 0 radical (unpaired) electrons. The van der Waals surface area contributed by atoms with E-state index in [1.54, 1.807) is 11.3 Å². The summed E-state index contributed by atoms with van der Waals surface area (Å²) in [7, 11) is 1.33. The molecule has 1 N–H and O–H groups in total. The number of thiophene rings is 1. The molecule has 19 heavy (non-hydrogen) atoms. The first-order valence-corrected chi connectivity index (χ1v) is 7.96. The number of halogens is 1. The summed E-state index contributed by atoms with van der Waals surface area (Å²) < 4.78 is 4.58. The van der Waals surface area contributed by atoms with Gasteiger partial charge in [-0.3, -0.25) is 9.59 Å². The van der Waals surface area contributed by atoms with Gasteiger partial charge in [0.15, 0.2) is 0 Å². The molecule has 1 amide bonds. The lowest BCUT2D eigenvalue weighted by Crippen LogP contribution is -2.33. The third-order valence-electron chi connectivity index (χ3n) is 3.12. The predicted molar refractivity (Wildman–Crippen MR) is 78.0 cm³/mol. The fraction of sp³-hybridized carbons (Fsp3) is 0.538. The minimum atomic E-state index is -0.504. The normalized spacial score (nSPS) is 15.5. The number of carbonyl (C=O) groups excluding carboxylic acids is 2. The van der Waals surface area contributed by atoms with Crippen molar-refractivity contribution in [3.8, 4) is 0 Å². The van der Waals surface area contributed by atoms with Crippen LogP contribution in [0.2, 0.25) is 0 Å². The zero-order chi connectivity index (χ0) is 13.8. The quantitative estimate of drug-likeness (QED) is 0.672. The highest BCUT2D eigenvalue weighted by Crippen LogP contribution is 2.29. The average Bonchev–Trinajstić information content (AvgIpc) is 2.87. The van der Waals surface area contributed by atoms with Crippen LogP contribution >= 0.6 is 27.3 Å². The zero-order valence-corrected chi connectivity index (χ0v) is 13.1. The van der Waals surface area contributed by atoms with Crippen LogP contribution in [0.5, 0.6) is 0 Å². The Hall–Kier alpha value is -0.880. The van der Waals surface area contributed by atoms with Crippen LogP contribution in [-0.4, -0.2) is 30.4 Å². The van der Waals surface area contributed by atoms with Crippen molar-refractivity contribution in [1.29, 1.82) is 0 Å². The Morgan fingerprint density at radius 1 is 1.47 bits per heavy atom. The van der Waals surface area contributed by atoms with Crippen LogP contribution in [0.1, 0.15) is 33.0 Å². The van der Waals surface area contributed by atoms with Crippen LogP contribution in [-0.2, 0) is 22.4 Å². The van der Waals surface area contributed by atoms with Gasteiger partial charge in [0.05, 0.1) is 12.0 Å². The molecule has 1 aliphatic carbocycles. The van der Waals surface area contributed by atoms with Gasteiger partial charge in [0, 0.05) is 11.4 Å². The largest absolute Gasteiger partial charge is 0.468 e. The molecule has 1 aliphatic rings. The van der Waals surface area contributed by atoms with Crippen molar-refractivity contribution in [3.05, 3.63) is 21.4 Å². The van der Waals surface area contributed by atoms with E-state index in [9.17, 15) is 9.59 Å².